The van der Waals surface area contributed by atoms with Crippen molar-refractivity contribution in [2.45, 2.75) is 25.8 Å². The van der Waals surface area contributed by atoms with E-state index in [-0.39, 0.29) is 5.91 Å². The molecule has 0 spiro atoms. The Hall–Kier alpha value is -2.01. The molecule has 1 atom stereocenters. The fraction of sp³-hybridized carbons (Fsp3) is 0.312. The van der Waals surface area contributed by atoms with E-state index < -0.39 is 0 Å². The van der Waals surface area contributed by atoms with Gasteiger partial charge in [0.2, 0.25) is 0 Å². The third kappa shape index (κ3) is 4.23. The van der Waals surface area contributed by atoms with Gasteiger partial charge in [0, 0.05) is 13.1 Å². The van der Waals surface area contributed by atoms with Crippen molar-refractivity contribution >= 4 is 27.9 Å². The number of nitrogens with two attached hydrogens (primary N) is 1. The van der Waals surface area contributed by atoms with Gasteiger partial charge in [0.1, 0.15) is 4.88 Å². The normalized spacial score (nSPS) is 11.9. The predicted molar refractivity (Wildman–Crippen MR) is 90.0 cm³/mol. The molecule has 0 aliphatic carbocycles. The molecule has 1 aromatic heterocycles. The lowest BCUT2D eigenvalue weighted by Gasteiger charge is -2.13. The summed E-state index contributed by atoms with van der Waals surface area (Å²) in [6.45, 7) is 2.14. The van der Waals surface area contributed by atoms with Crippen LogP contribution in [0.1, 0.15) is 28.6 Å². The Morgan fingerprint density at radius 1 is 1.33 bits per heavy atom. The zero-order chi connectivity index (χ0) is 15.2. The molecule has 1 heterocycles. The van der Waals surface area contributed by atoms with Crippen LogP contribution in [-0.2, 0) is 6.42 Å². The maximum absolute atomic E-state index is 11.6. The van der Waals surface area contributed by atoms with Crippen molar-refractivity contribution in [1.82, 2.24) is 5.32 Å². The molecule has 4 nitrogen and oxygen atoms in total. The molecule has 0 fully saturated rings. The summed E-state index contributed by atoms with van der Waals surface area (Å²) in [4.78, 5) is 12.2. The summed E-state index contributed by atoms with van der Waals surface area (Å²) in [6, 6.07) is 12.6. The molecule has 0 radical (unpaired) electrons. The number of rotatable bonds is 6. The number of aryl methyl sites for hydroxylation is 1. The van der Waals surface area contributed by atoms with Gasteiger partial charge in [-0.2, -0.15) is 0 Å². The molecule has 0 saturated heterocycles. The molecule has 4 N–H and O–H groups in total. The largest absolute Gasteiger partial charge is 0.397 e. The van der Waals surface area contributed by atoms with Crippen molar-refractivity contribution in [3.8, 4) is 0 Å². The van der Waals surface area contributed by atoms with Gasteiger partial charge in [-0.15, -0.1) is 11.3 Å². The highest BCUT2D eigenvalue weighted by molar-refractivity contribution is 7.18. The quantitative estimate of drug-likeness (QED) is 0.768. The molecule has 1 amide bonds. The fourth-order valence-electron chi connectivity index (χ4n) is 2.11. The molecule has 0 aliphatic heterocycles. The summed E-state index contributed by atoms with van der Waals surface area (Å²) in [7, 11) is 1.61. The Morgan fingerprint density at radius 2 is 2.05 bits per heavy atom. The van der Waals surface area contributed by atoms with Crippen molar-refractivity contribution in [2.75, 3.05) is 18.1 Å². The summed E-state index contributed by atoms with van der Waals surface area (Å²) in [5, 5.41) is 6.95. The third-order valence-corrected chi connectivity index (χ3v) is 4.37. The number of carbonyl (C=O) groups excluding carboxylic acids is 1. The highest BCUT2D eigenvalue weighted by Crippen LogP contribution is 2.29. The number of carbonyl (C=O) groups is 1. The molecule has 0 aliphatic rings. The van der Waals surface area contributed by atoms with Crippen molar-refractivity contribution in [2.24, 2.45) is 0 Å². The fourth-order valence-corrected chi connectivity index (χ4v) is 3.15. The van der Waals surface area contributed by atoms with Gasteiger partial charge in [-0.1, -0.05) is 30.3 Å². The van der Waals surface area contributed by atoms with Crippen molar-refractivity contribution in [1.29, 1.82) is 0 Å². The van der Waals surface area contributed by atoms with Gasteiger partial charge in [0.15, 0.2) is 0 Å². The van der Waals surface area contributed by atoms with Gasteiger partial charge in [0.05, 0.1) is 10.7 Å². The van der Waals surface area contributed by atoms with E-state index in [1.54, 1.807) is 7.05 Å². The number of nitrogen functional groups attached to an aromatic ring is 1. The molecule has 5 heteroatoms. The van der Waals surface area contributed by atoms with E-state index >= 15 is 0 Å². The molecule has 1 aromatic carbocycles. The lowest BCUT2D eigenvalue weighted by molar-refractivity contribution is 0.0968. The smallest absolute Gasteiger partial charge is 0.263 e. The molecule has 21 heavy (non-hydrogen) atoms. The number of hydrogen-bond donors (Lipinski definition) is 3. The van der Waals surface area contributed by atoms with Crippen LogP contribution in [0.2, 0.25) is 0 Å². The van der Waals surface area contributed by atoms with Gasteiger partial charge in [0.25, 0.3) is 5.91 Å². The molecule has 112 valence electrons. The number of hydrogen-bond acceptors (Lipinski definition) is 4. The number of nitrogens with one attached hydrogen (secondary N) is 2. The van der Waals surface area contributed by atoms with E-state index in [0.29, 0.717) is 16.6 Å². The van der Waals surface area contributed by atoms with E-state index in [0.717, 1.165) is 17.8 Å². The monoisotopic (exact) mass is 303 g/mol. The van der Waals surface area contributed by atoms with Crippen LogP contribution in [0.15, 0.2) is 36.4 Å². The average Bonchev–Trinajstić information content (AvgIpc) is 2.86. The minimum absolute atomic E-state index is 0.137. The van der Waals surface area contributed by atoms with Crippen LogP contribution >= 0.6 is 11.3 Å². The van der Waals surface area contributed by atoms with Crippen molar-refractivity contribution in [3.63, 3.8) is 0 Å². The number of benzene rings is 1. The minimum atomic E-state index is -0.137. The number of amides is 1. The zero-order valence-corrected chi connectivity index (χ0v) is 13.2. The van der Waals surface area contributed by atoms with Crippen LogP contribution in [0.3, 0.4) is 0 Å². The molecule has 0 saturated carbocycles. The van der Waals surface area contributed by atoms with Crippen LogP contribution < -0.4 is 16.4 Å². The van der Waals surface area contributed by atoms with Crippen molar-refractivity contribution < 1.29 is 4.79 Å². The molecule has 2 aromatic rings. The Labute approximate surface area is 129 Å². The Kier molecular flexibility index (Phi) is 5.22. The zero-order valence-electron chi connectivity index (χ0n) is 12.3. The van der Waals surface area contributed by atoms with Gasteiger partial charge in [-0.25, -0.2) is 0 Å². The molecule has 0 bridgehead atoms. The maximum Gasteiger partial charge on any atom is 0.263 e. The first-order valence-electron chi connectivity index (χ1n) is 7.02. The standard InChI is InChI=1S/C16H21N3OS/c1-11(8-9-12-6-4-3-5-7-12)19-14-10-13(17)15(21-14)16(20)18-2/h3-7,10-11,19H,8-9,17H2,1-2H3,(H,18,20). The predicted octanol–water partition coefficient (Wildman–Crippen LogP) is 3.12. The first-order valence-corrected chi connectivity index (χ1v) is 7.83. The summed E-state index contributed by atoms with van der Waals surface area (Å²) in [5.41, 5.74) is 7.73. The average molecular weight is 303 g/mol. The number of thiophene rings is 1. The van der Waals surface area contributed by atoms with Gasteiger partial charge in [-0.05, 0) is 31.4 Å². The molecular weight excluding hydrogens is 282 g/mol. The highest BCUT2D eigenvalue weighted by atomic mass is 32.1. The molecule has 2 rings (SSSR count). The van der Waals surface area contributed by atoms with Gasteiger partial charge >= 0.3 is 0 Å². The Morgan fingerprint density at radius 3 is 2.71 bits per heavy atom. The van der Waals surface area contributed by atoms with Gasteiger partial charge < -0.3 is 16.4 Å². The molecular formula is C16H21N3OS. The maximum atomic E-state index is 11.6. The second kappa shape index (κ2) is 7.13. The highest BCUT2D eigenvalue weighted by Gasteiger charge is 2.14. The summed E-state index contributed by atoms with van der Waals surface area (Å²) >= 11 is 1.39. The van der Waals surface area contributed by atoms with E-state index in [4.69, 9.17) is 5.73 Å². The van der Waals surface area contributed by atoms with Crippen LogP contribution in [0.25, 0.3) is 0 Å². The van der Waals surface area contributed by atoms with E-state index in [1.807, 2.05) is 12.1 Å². The Balaban J connectivity index is 1.91. The van der Waals surface area contributed by atoms with Crippen LogP contribution in [0.5, 0.6) is 0 Å². The third-order valence-electron chi connectivity index (χ3n) is 3.29. The minimum Gasteiger partial charge on any atom is -0.397 e. The second-order valence-corrected chi connectivity index (χ2v) is 6.10. The van der Waals surface area contributed by atoms with Crippen LogP contribution in [0, 0.1) is 0 Å². The van der Waals surface area contributed by atoms with E-state index in [2.05, 4.69) is 41.8 Å². The summed E-state index contributed by atoms with van der Waals surface area (Å²) in [5.74, 6) is -0.137. The Bertz CT molecular complexity index is 595. The molecule has 1 unspecified atom stereocenters. The van der Waals surface area contributed by atoms with Gasteiger partial charge in [-0.3, -0.25) is 4.79 Å². The van der Waals surface area contributed by atoms with Crippen LogP contribution in [0.4, 0.5) is 10.7 Å². The van der Waals surface area contributed by atoms with E-state index in [1.165, 1.54) is 16.9 Å². The van der Waals surface area contributed by atoms with Crippen LogP contribution in [-0.4, -0.2) is 19.0 Å². The lowest BCUT2D eigenvalue weighted by Crippen LogP contribution is -2.17. The van der Waals surface area contributed by atoms with Crippen molar-refractivity contribution in [3.05, 3.63) is 46.8 Å². The van der Waals surface area contributed by atoms with E-state index in [9.17, 15) is 4.79 Å². The summed E-state index contributed by atoms with van der Waals surface area (Å²) < 4.78 is 0. The first kappa shape index (κ1) is 15.4. The topological polar surface area (TPSA) is 67.2 Å². The first-order chi connectivity index (χ1) is 10.1. The SMILES string of the molecule is CNC(=O)c1sc(NC(C)CCc2ccccc2)cc1N. The summed E-state index contributed by atoms with van der Waals surface area (Å²) in [6.07, 6.45) is 2.05. The number of anilines is 2. The second-order valence-electron chi connectivity index (χ2n) is 5.04. The lowest BCUT2D eigenvalue weighted by atomic mass is 10.1.